The molecular weight excluding hydrogens is 266 g/mol. The van der Waals surface area contributed by atoms with Crippen molar-refractivity contribution in [2.24, 2.45) is 22.2 Å². The van der Waals surface area contributed by atoms with Gasteiger partial charge in [0.1, 0.15) is 12.1 Å². The molecule has 1 amide bonds. The molecule has 7 N–H and O–H groups in total. The molecule has 1 aliphatic rings. The van der Waals surface area contributed by atoms with Gasteiger partial charge in [-0.25, -0.2) is 9.59 Å². The van der Waals surface area contributed by atoms with Gasteiger partial charge in [0.05, 0.1) is 0 Å². The van der Waals surface area contributed by atoms with Gasteiger partial charge in [-0.3, -0.25) is 9.79 Å². The monoisotopic (exact) mass is 285 g/mol. The van der Waals surface area contributed by atoms with Crippen LogP contribution < -0.4 is 22.5 Å². The fourth-order valence-electron chi connectivity index (χ4n) is 1.67. The standard InChI is InChI=1S/C11H19N5O4/c12-6(2-1-5-15-11(13)14)9(18)20-10(19)7-3-4-8(17)16-7/h6-7H,1-5,12H2,(H,16,17)(H4,13,14,15)/t6-,7?/m0/s1. The van der Waals surface area contributed by atoms with E-state index in [0.717, 1.165) is 0 Å². The third-order valence-corrected chi connectivity index (χ3v) is 2.75. The van der Waals surface area contributed by atoms with E-state index in [9.17, 15) is 14.4 Å². The molecule has 0 aromatic rings. The van der Waals surface area contributed by atoms with Gasteiger partial charge in [-0.2, -0.15) is 0 Å². The van der Waals surface area contributed by atoms with Crippen LogP contribution in [0.3, 0.4) is 0 Å². The van der Waals surface area contributed by atoms with Gasteiger partial charge in [0, 0.05) is 13.0 Å². The van der Waals surface area contributed by atoms with Gasteiger partial charge in [-0.1, -0.05) is 0 Å². The molecule has 1 fully saturated rings. The zero-order chi connectivity index (χ0) is 15.1. The Kier molecular flexibility index (Phi) is 5.91. The minimum Gasteiger partial charge on any atom is -0.390 e. The second kappa shape index (κ2) is 7.43. The minimum absolute atomic E-state index is 0.0340. The van der Waals surface area contributed by atoms with Crippen LogP contribution in [0.2, 0.25) is 0 Å². The molecule has 1 unspecified atom stereocenters. The molecule has 1 aliphatic heterocycles. The number of nitrogens with one attached hydrogen (secondary N) is 1. The number of hydrogen-bond donors (Lipinski definition) is 4. The Bertz CT molecular complexity index is 419. The summed E-state index contributed by atoms with van der Waals surface area (Å²) < 4.78 is 4.62. The second-order valence-electron chi connectivity index (χ2n) is 4.45. The number of amides is 1. The Morgan fingerprint density at radius 3 is 2.70 bits per heavy atom. The van der Waals surface area contributed by atoms with Crippen molar-refractivity contribution in [3.63, 3.8) is 0 Å². The van der Waals surface area contributed by atoms with Crippen molar-refractivity contribution in [1.82, 2.24) is 5.32 Å². The normalized spacial score (nSPS) is 19.1. The molecule has 0 bridgehead atoms. The quantitative estimate of drug-likeness (QED) is 0.140. The molecule has 0 aromatic heterocycles. The van der Waals surface area contributed by atoms with Crippen molar-refractivity contribution in [3.05, 3.63) is 0 Å². The first-order valence-corrected chi connectivity index (χ1v) is 6.26. The van der Waals surface area contributed by atoms with Crippen LogP contribution in [0.5, 0.6) is 0 Å². The van der Waals surface area contributed by atoms with Crippen molar-refractivity contribution in [2.45, 2.75) is 37.8 Å². The van der Waals surface area contributed by atoms with Gasteiger partial charge in [-0.15, -0.1) is 0 Å². The summed E-state index contributed by atoms with van der Waals surface area (Å²) in [4.78, 5) is 37.8. The topological polar surface area (TPSA) is 163 Å². The van der Waals surface area contributed by atoms with E-state index in [-0.39, 0.29) is 18.3 Å². The molecule has 2 atom stereocenters. The molecular formula is C11H19N5O4. The number of aliphatic imine (C=N–C) groups is 1. The molecule has 0 aromatic carbocycles. The Morgan fingerprint density at radius 1 is 1.45 bits per heavy atom. The number of nitrogens with two attached hydrogens (primary N) is 3. The maximum absolute atomic E-state index is 11.6. The average Bonchev–Trinajstić information content (AvgIpc) is 2.80. The smallest absolute Gasteiger partial charge is 0.336 e. The number of esters is 2. The van der Waals surface area contributed by atoms with Gasteiger partial charge >= 0.3 is 11.9 Å². The highest BCUT2D eigenvalue weighted by atomic mass is 16.6. The fourth-order valence-corrected chi connectivity index (χ4v) is 1.67. The van der Waals surface area contributed by atoms with Gasteiger partial charge in [0.2, 0.25) is 5.91 Å². The molecule has 0 spiro atoms. The van der Waals surface area contributed by atoms with Crippen LogP contribution in [0.4, 0.5) is 0 Å². The van der Waals surface area contributed by atoms with E-state index in [1.54, 1.807) is 0 Å². The largest absolute Gasteiger partial charge is 0.390 e. The first-order valence-electron chi connectivity index (χ1n) is 6.26. The van der Waals surface area contributed by atoms with E-state index in [1.165, 1.54) is 0 Å². The van der Waals surface area contributed by atoms with Crippen LogP contribution >= 0.6 is 0 Å². The van der Waals surface area contributed by atoms with Gasteiger partial charge in [0.25, 0.3) is 0 Å². The molecule has 112 valence electrons. The Morgan fingerprint density at radius 2 is 2.15 bits per heavy atom. The lowest BCUT2D eigenvalue weighted by Crippen LogP contribution is -2.40. The lowest BCUT2D eigenvalue weighted by molar-refractivity contribution is -0.162. The maximum atomic E-state index is 11.6. The number of carbonyl (C=O) groups is 3. The van der Waals surface area contributed by atoms with E-state index < -0.39 is 24.0 Å². The second-order valence-corrected chi connectivity index (χ2v) is 4.45. The molecule has 0 aliphatic carbocycles. The minimum atomic E-state index is -0.926. The van der Waals surface area contributed by atoms with Crippen LogP contribution in [0.25, 0.3) is 0 Å². The summed E-state index contributed by atoms with van der Waals surface area (Å²) >= 11 is 0. The number of nitrogens with zero attached hydrogens (tertiary/aromatic N) is 1. The van der Waals surface area contributed by atoms with Crippen LogP contribution in [0.1, 0.15) is 25.7 Å². The molecule has 9 heteroatoms. The summed E-state index contributed by atoms with van der Waals surface area (Å²) in [6, 6.07) is -1.69. The molecule has 1 saturated heterocycles. The molecule has 20 heavy (non-hydrogen) atoms. The van der Waals surface area contributed by atoms with Crippen molar-refractivity contribution < 1.29 is 19.1 Å². The van der Waals surface area contributed by atoms with Crippen molar-refractivity contribution in [1.29, 1.82) is 0 Å². The predicted octanol–water partition coefficient (Wildman–Crippen LogP) is -2.28. The Balaban J connectivity index is 2.28. The van der Waals surface area contributed by atoms with Crippen LogP contribution in [-0.4, -0.2) is 42.4 Å². The fraction of sp³-hybridized carbons (Fsp3) is 0.636. The molecule has 9 nitrogen and oxygen atoms in total. The lowest BCUT2D eigenvalue weighted by Gasteiger charge is -2.12. The van der Waals surface area contributed by atoms with E-state index >= 15 is 0 Å². The lowest BCUT2D eigenvalue weighted by atomic mass is 10.1. The number of rotatable bonds is 6. The summed E-state index contributed by atoms with van der Waals surface area (Å²) in [6.07, 6.45) is 1.35. The highest BCUT2D eigenvalue weighted by Crippen LogP contribution is 2.09. The highest BCUT2D eigenvalue weighted by molar-refractivity contribution is 5.94. The highest BCUT2D eigenvalue weighted by Gasteiger charge is 2.31. The summed E-state index contributed by atoms with van der Waals surface area (Å²) in [6.45, 7) is 0.343. The Hall–Kier alpha value is -2.16. The predicted molar refractivity (Wildman–Crippen MR) is 70.1 cm³/mol. The zero-order valence-corrected chi connectivity index (χ0v) is 11.0. The van der Waals surface area contributed by atoms with Crippen molar-refractivity contribution in [3.8, 4) is 0 Å². The van der Waals surface area contributed by atoms with Gasteiger partial charge in [-0.05, 0) is 19.3 Å². The van der Waals surface area contributed by atoms with E-state index in [0.29, 0.717) is 25.8 Å². The molecule has 0 saturated carbocycles. The molecule has 0 radical (unpaired) electrons. The summed E-state index contributed by atoms with van der Waals surface area (Å²) in [5.74, 6) is -1.87. The molecule has 1 rings (SSSR count). The van der Waals surface area contributed by atoms with Crippen molar-refractivity contribution in [2.75, 3.05) is 6.54 Å². The van der Waals surface area contributed by atoms with Gasteiger partial charge < -0.3 is 27.3 Å². The van der Waals surface area contributed by atoms with Crippen LogP contribution in [0, 0.1) is 0 Å². The zero-order valence-electron chi connectivity index (χ0n) is 11.0. The maximum Gasteiger partial charge on any atom is 0.336 e. The number of ether oxygens (including phenoxy) is 1. The van der Waals surface area contributed by atoms with Crippen LogP contribution in [0.15, 0.2) is 4.99 Å². The number of hydrogen-bond acceptors (Lipinski definition) is 6. The van der Waals surface area contributed by atoms with E-state index in [4.69, 9.17) is 17.2 Å². The number of carbonyl (C=O) groups excluding carboxylic acids is 3. The summed E-state index contributed by atoms with van der Waals surface area (Å²) in [5.41, 5.74) is 15.9. The SMILES string of the molecule is NC(N)=NCCC[C@H](N)C(=O)OC(=O)C1CCC(=O)N1. The third-order valence-electron chi connectivity index (χ3n) is 2.75. The number of guanidine groups is 1. The average molecular weight is 285 g/mol. The Labute approximate surface area is 115 Å². The summed E-state index contributed by atoms with van der Waals surface area (Å²) in [5, 5.41) is 2.41. The molecule has 1 heterocycles. The van der Waals surface area contributed by atoms with Gasteiger partial charge in [0.15, 0.2) is 5.96 Å². The van der Waals surface area contributed by atoms with Crippen LogP contribution in [-0.2, 0) is 19.1 Å². The first-order chi connectivity index (χ1) is 9.40. The third kappa shape index (κ3) is 5.22. The van der Waals surface area contributed by atoms with Crippen molar-refractivity contribution >= 4 is 23.8 Å². The summed E-state index contributed by atoms with van der Waals surface area (Å²) in [7, 11) is 0. The van der Waals surface area contributed by atoms with E-state index in [1.807, 2.05) is 0 Å². The first kappa shape index (κ1) is 15.9. The van der Waals surface area contributed by atoms with E-state index in [2.05, 4.69) is 15.0 Å².